The van der Waals surface area contributed by atoms with E-state index in [1.807, 2.05) is 5.92 Å². The van der Waals surface area contributed by atoms with E-state index in [9.17, 15) is 13.6 Å². The van der Waals surface area contributed by atoms with Crippen LogP contribution in [0.25, 0.3) is 0 Å². The number of hydrogen-bond acceptors (Lipinski definition) is 1. The number of rotatable bonds is 0. The maximum atomic E-state index is 12.9. The molecule has 0 heterocycles. The fraction of sp³-hybridized carbons (Fsp3) is 0. The van der Waals surface area contributed by atoms with Gasteiger partial charge in [-0.05, 0) is 12.1 Å². The highest BCUT2D eigenvalue weighted by atomic mass is 35.5. The van der Waals surface area contributed by atoms with Gasteiger partial charge in [0.05, 0.1) is 10.6 Å². The summed E-state index contributed by atoms with van der Waals surface area (Å²) in [6, 6.07) is 1.48. The Morgan fingerprint density at radius 2 is 2.00 bits per heavy atom. The zero-order valence-electron chi connectivity index (χ0n) is 6.64. The Balaban J connectivity index is 3.18. The minimum Gasteiger partial charge on any atom is -0.472 e. The van der Waals surface area contributed by atoms with Crippen LogP contribution in [0.1, 0.15) is 5.56 Å². The molecule has 72 valence electrons. The third-order valence-electron chi connectivity index (χ3n) is 1.31. The molecule has 0 saturated heterocycles. The van der Waals surface area contributed by atoms with Crippen LogP contribution in [0, 0.1) is 23.5 Å². The second kappa shape index (κ2) is 4.07. The molecule has 0 fully saturated rings. The molecule has 0 unspecified atom stereocenters. The molecule has 0 spiro atoms. The van der Waals surface area contributed by atoms with Crippen LogP contribution in [0.15, 0.2) is 12.1 Å². The SMILES string of the molecule is O=C(O)C#Cc1cc(F)c(Cl)cc1F. The first kappa shape index (κ1) is 10.5. The number of aliphatic carboxylic acids is 1. The average molecular weight is 217 g/mol. The first-order chi connectivity index (χ1) is 6.50. The van der Waals surface area contributed by atoms with Gasteiger partial charge in [0.1, 0.15) is 11.6 Å². The van der Waals surface area contributed by atoms with Crippen LogP contribution < -0.4 is 0 Å². The molecule has 2 nitrogen and oxygen atoms in total. The molecule has 0 aliphatic carbocycles. The summed E-state index contributed by atoms with van der Waals surface area (Å²) in [6.45, 7) is 0. The predicted octanol–water partition coefficient (Wildman–Crippen LogP) is 2.05. The highest BCUT2D eigenvalue weighted by Crippen LogP contribution is 2.18. The van der Waals surface area contributed by atoms with Crippen LogP contribution in [0.5, 0.6) is 0 Å². The van der Waals surface area contributed by atoms with E-state index in [1.54, 1.807) is 5.92 Å². The van der Waals surface area contributed by atoms with Crippen LogP contribution in [-0.2, 0) is 4.79 Å². The number of carbonyl (C=O) groups is 1. The van der Waals surface area contributed by atoms with Gasteiger partial charge in [-0.2, -0.15) is 0 Å². The zero-order valence-corrected chi connectivity index (χ0v) is 7.40. The van der Waals surface area contributed by atoms with Crippen molar-refractivity contribution in [2.45, 2.75) is 0 Å². The molecule has 0 amide bonds. The minimum atomic E-state index is -1.42. The lowest BCUT2D eigenvalue weighted by atomic mass is 10.2. The van der Waals surface area contributed by atoms with Gasteiger partial charge < -0.3 is 5.11 Å². The Hall–Kier alpha value is -1.60. The fourth-order valence-corrected chi connectivity index (χ4v) is 0.890. The topological polar surface area (TPSA) is 37.3 Å². The highest BCUT2D eigenvalue weighted by Gasteiger charge is 2.06. The second-order valence-corrected chi connectivity index (χ2v) is 2.71. The van der Waals surface area contributed by atoms with Crippen molar-refractivity contribution in [3.8, 4) is 11.8 Å². The zero-order chi connectivity index (χ0) is 10.7. The predicted molar refractivity (Wildman–Crippen MR) is 45.9 cm³/mol. The van der Waals surface area contributed by atoms with Crippen molar-refractivity contribution in [1.82, 2.24) is 0 Å². The van der Waals surface area contributed by atoms with E-state index < -0.39 is 17.6 Å². The number of carboxylic acids is 1. The normalized spacial score (nSPS) is 9.07. The van der Waals surface area contributed by atoms with Crippen molar-refractivity contribution in [3.63, 3.8) is 0 Å². The van der Waals surface area contributed by atoms with E-state index in [-0.39, 0.29) is 10.6 Å². The molecule has 5 heteroatoms. The van der Waals surface area contributed by atoms with E-state index in [0.29, 0.717) is 0 Å². The smallest absolute Gasteiger partial charge is 0.382 e. The molecule has 0 aromatic heterocycles. The van der Waals surface area contributed by atoms with Crippen LogP contribution in [0.2, 0.25) is 5.02 Å². The van der Waals surface area contributed by atoms with Crippen LogP contribution >= 0.6 is 11.6 Å². The molecular formula is C9H3ClF2O2. The summed E-state index contributed by atoms with van der Waals surface area (Å²) in [4.78, 5) is 10.0. The first-order valence-electron chi connectivity index (χ1n) is 3.40. The van der Waals surface area contributed by atoms with Crippen molar-refractivity contribution in [3.05, 3.63) is 34.4 Å². The number of halogens is 3. The lowest BCUT2D eigenvalue weighted by Gasteiger charge is -1.96. The van der Waals surface area contributed by atoms with Gasteiger partial charge >= 0.3 is 5.97 Å². The number of benzene rings is 1. The van der Waals surface area contributed by atoms with Gasteiger partial charge in [-0.15, -0.1) is 0 Å². The van der Waals surface area contributed by atoms with Crippen LogP contribution in [0.4, 0.5) is 8.78 Å². The Labute approximate surface area is 83.1 Å². The molecule has 0 bridgehead atoms. The van der Waals surface area contributed by atoms with Gasteiger partial charge in [-0.1, -0.05) is 17.5 Å². The Morgan fingerprint density at radius 3 is 2.57 bits per heavy atom. The van der Waals surface area contributed by atoms with Gasteiger partial charge in [-0.3, -0.25) is 0 Å². The summed E-state index contributed by atoms with van der Waals surface area (Å²) < 4.78 is 25.7. The molecule has 0 saturated carbocycles. The fourth-order valence-electron chi connectivity index (χ4n) is 0.739. The molecule has 0 aliphatic rings. The van der Waals surface area contributed by atoms with Crippen LogP contribution in [0.3, 0.4) is 0 Å². The number of hydrogen-bond donors (Lipinski definition) is 1. The molecule has 0 aliphatic heterocycles. The Morgan fingerprint density at radius 1 is 1.36 bits per heavy atom. The van der Waals surface area contributed by atoms with Gasteiger partial charge in [0.2, 0.25) is 0 Å². The summed E-state index contributed by atoms with van der Waals surface area (Å²) in [7, 11) is 0. The van der Waals surface area contributed by atoms with Crippen molar-refractivity contribution in [2.75, 3.05) is 0 Å². The van der Waals surface area contributed by atoms with E-state index in [4.69, 9.17) is 16.7 Å². The second-order valence-electron chi connectivity index (χ2n) is 2.30. The first-order valence-corrected chi connectivity index (χ1v) is 3.78. The maximum absolute atomic E-state index is 12.9. The molecule has 1 N–H and O–H groups in total. The Kier molecular flexibility index (Phi) is 3.05. The van der Waals surface area contributed by atoms with Crippen molar-refractivity contribution in [2.24, 2.45) is 0 Å². The lowest BCUT2D eigenvalue weighted by molar-refractivity contribution is -0.130. The summed E-state index contributed by atoms with van der Waals surface area (Å²) in [6.07, 6.45) is 0. The summed E-state index contributed by atoms with van der Waals surface area (Å²) in [5, 5.41) is 7.80. The number of carboxylic acid groups (broad SMARTS) is 1. The minimum absolute atomic E-state index is 0.339. The van der Waals surface area contributed by atoms with E-state index in [1.165, 1.54) is 0 Å². The standard InChI is InChI=1S/C9H3ClF2O2/c10-6-4-7(11)5(3-8(6)12)1-2-9(13)14/h3-4H,(H,13,14). The van der Waals surface area contributed by atoms with Gasteiger partial charge in [0.25, 0.3) is 0 Å². The largest absolute Gasteiger partial charge is 0.472 e. The summed E-state index contributed by atoms with van der Waals surface area (Å²) >= 11 is 5.27. The molecule has 1 rings (SSSR count). The molecular weight excluding hydrogens is 214 g/mol. The maximum Gasteiger partial charge on any atom is 0.382 e. The van der Waals surface area contributed by atoms with Gasteiger partial charge in [0, 0.05) is 5.92 Å². The summed E-state index contributed by atoms with van der Waals surface area (Å²) in [5.41, 5.74) is -0.339. The third-order valence-corrected chi connectivity index (χ3v) is 1.60. The van der Waals surface area contributed by atoms with E-state index in [2.05, 4.69) is 0 Å². The van der Waals surface area contributed by atoms with E-state index >= 15 is 0 Å². The third kappa shape index (κ3) is 2.44. The molecule has 0 atom stereocenters. The molecule has 1 aromatic rings. The van der Waals surface area contributed by atoms with Crippen LogP contribution in [-0.4, -0.2) is 11.1 Å². The quantitative estimate of drug-likeness (QED) is 0.532. The average Bonchev–Trinajstić information content (AvgIpc) is 2.09. The van der Waals surface area contributed by atoms with E-state index in [0.717, 1.165) is 12.1 Å². The molecule has 1 aromatic carbocycles. The Bertz CT molecular complexity index is 446. The monoisotopic (exact) mass is 216 g/mol. The lowest BCUT2D eigenvalue weighted by Crippen LogP contribution is -1.91. The molecule has 0 radical (unpaired) electrons. The highest BCUT2D eigenvalue weighted by molar-refractivity contribution is 6.30. The summed E-state index contributed by atoms with van der Waals surface area (Å²) in [5.74, 6) is 0.506. The van der Waals surface area contributed by atoms with Gasteiger partial charge in [0.15, 0.2) is 0 Å². The van der Waals surface area contributed by atoms with Crippen molar-refractivity contribution < 1.29 is 18.7 Å². The molecule has 14 heavy (non-hydrogen) atoms. The van der Waals surface area contributed by atoms with Crippen molar-refractivity contribution in [1.29, 1.82) is 0 Å². The van der Waals surface area contributed by atoms with Crippen molar-refractivity contribution >= 4 is 17.6 Å². The van der Waals surface area contributed by atoms with Gasteiger partial charge in [-0.25, -0.2) is 13.6 Å².